The first-order chi connectivity index (χ1) is 5.08. The van der Waals surface area contributed by atoms with Crippen molar-refractivity contribution in [3.05, 3.63) is 0 Å². The Bertz CT molecular complexity index is 102. The summed E-state index contributed by atoms with van der Waals surface area (Å²) < 4.78 is 5.24. The van der Waals surface area contributed by atoms with Crippen LogP contribution in [0.4, 0.5) is 0 Å². The molecule has 11 heavy (non-hydrogen) atoms. The van der Waals surface area contributed by atoms with E-state index < -0.39 is 6.10 Å². The van der Waals surface area contributed by atoms with Crippen LogP contribution in [0, 0.1) is 0 Å². The normalized spacial score (nSPS) is 19.4. The van der Waals surface area contributed by atoms with Gasteiger partial charge in [0.1, 0.15) is 0 Å². The van der Waals surface area contributed by atoms with Gasteiger partial charge in [0.15, 0.2) is 0 Å². The predicted molar refractivity (Wildman–Crippen MR) is 47.0 cm³/mol. The molecule has 2 atom stereocenters. The maximum Gasteiger partial charge on any atom is 0.0702 e. The molecule has 68 valence electrons. The number of ether oxygens (including phenoxy) is 1. The third-order valence-electron chi connectivity index (χ3n) is 2.09. The van der Waals surface area contributed by atoms with Crippen LogP contribution in [0.1, 0.15) is 26.7 Å². The van der Waals surface area contributed by atoms with Gasteiger partial charge in [0.05, 0.1) is 11.7 Å². The quantitative estimate of drug-likeness (QED) is 0.654. The van der Waals surface area contributed by atoms with Gasteiger partial charge in [-0.2, -0.15) is 0 Å². The van der Waals surface area contributed by atoms with Crippen molar-refractivity contribution >= 4 is 11.6 Å². The highest BCUT2D eigenvalue weighted by Crippen LogP contribution is 2.20. The summed E-state index contributed by atoms with van der Waals surface area (Å²) in [5.74, 6) is 0.277. The first-order valence-corrected chi connectivity index (χ1v) is 4.40. The minimum Gasteiger partial charge on any atom is -0.392 e. The van der Waals surface area contributed by atoms with E-state index in [4.69, 9.17) is 16.3 Å². The number of methoxy groups -OCH3 is 1. The SMILES string of the molecule is CCC(C)(C[C@H](O)CCl)OC. The molecule has 0 bridgehead atoms. The van der Waals surface area contributed by atoms with Crippen molar-refractivity contribution in [1.29, 1.82) is 0 Å². The van der Waals surface area contributed by atoms with Crippen LogP contribution in [-0.2, 0) is 4.74 Å². The van der Waals surface area contributed by atoms with E-state index in [0.717, 1.165) is 6.42 Å². The lowest BCUT2D eigenvalue weighted by Crippen LogP contribution is -2.32. The highest BCUT2D eigenvalue weighted by molar-refractivity contribution is 6.18. The maximum atomic E-state index is 9.24. The van der Waals surface area contributed by atoms with Gasteiger partial charge < -0.3 is 9.84 Å². The van der Waals surface area contributed by atoms with Gasteiger partial charge in [-0.25, -0.2) is 0 Å². The Morgan fingerprint density at radius 3 is 2.45 bits per heavy atom. The van der Waals surface area contributed by atoms with E-state index >= 15 is 0 Å². The lowest BCUT2D eigenvalue weighted by molar-refractivity contribution is -0.0313. The molecule has 0 fully saturated rings. The van der Waals surface area contributed by atoms with E-state index in [2.05, 4.69) is 0 Å². The number of alkyl halides is 1. The molecule has 0 spiro atoms. The molecule has 0 aliphatic rings. The molecule has 0 aliphatic heterocycles. The fourth-order valence-corrected chi connectivity index (χ4v) is 1.03. The highest BCUT2D eigenvalue weighted by Gasteiger charge is 2.24. The number of aliphatic hydroxyl groups is 1. The molecule has 0 rings (SSSR count). The van der Waals surface area contributed by atoms with Crippen LogP contribution in [0.5, 0.6) is 0 Å². The summed E-state index contributed by atoms with van der Waals surface area (Å²) in [7, 11) is 1.66. The van der Waals surface area contributed by atoms with Gasteiger partial charge in [-0.15, -0.1) is 11.6 Å². The molecule has 1 N–H and O–H groups in total. The smallest absolute Gasteiger partial charge is 0.0702 e. The van der Waals surface area contributed by atoms with E-state index in [-0.39, 0.29) is 11.5 Å². The fraction of sp³-hybridized carbons (Fsp3) is 1.00. The molecule has 0 saturated carbocycles. The molecule has 0 aromatic carbocycles. The van der Waals surface area contributed by atoms with Crippen molar-refractivity contribution in [2.45, 2.75) is 38.4 Å². The lowest BCUT2D eigenvalue weighted by Gasteiger charge is -2.28. The zero-order valence-corrected chi connectivity index (χ0v) is 8.19. The molecule has 0 saturated heterocycles. The molecule has 0 aromatic rings. The Labute approximate surface area is 73.5 Å². The minimum atomic E-state index is -0.457. The summed E-state index contributed by atoms with van der Waals surface area (Å²) >= 11 is 5.47. The summed E-state index contributed by atoms with van der Waals surface area (Å²) in [6.07, 6.45) is 1.03. The molecular formula is C8H17ClO2. The Hall–Kier alpha value is 0.210. The number of hydrogen-bond acceptors (Lipinski definition) is 2. The van der Waals surface area contributed by atoms with E-state index in [9.17, 15) is 5.11 Å². The van der Waals surface area contributed by atoms with Crippen molar-refractivity contribution in [3.8, 4) is 0 Å². The molecule has 0 amide bonds. The van der Waals surface area contributed by atoms with Gasteiger partial charge in [0.2, 0.25) is 0 Å². The predicted octanol–water partition coefficient (Wildman–Crippen LogP) is 1.79. The molecule has 0 radical (unpaired) electrons. The lowest BCUT2D eigenvalue weighted by atomic mass is 9.96. The van der Waals surface area contributed by atoms with E-state index in [1.807, 2.05) is 13.8 Å². The van der Waals surface area contributed by atoms with Crippen LogP contribution in [0.25, 0.3) is 0 Å². The standard InChI is InChI=1S/C8H17ClO2/c1-4-8(2,11-3)5-7(10)6-9/h7,10H,4-6H2,1-3H3/t7-,8?/m0/s1. The molecule has 1 unspecified atom stereocenters. The van der Waals surface area contributed by atoms with Crippen LogP contribution < -0.4 is 0 Å². The van der Waals surface area contributed by atoms with Gasteiger partial charge >= 0.3 is 0 Å². The monoisotopic (exact) mass is 180 g/mol. The molecule has 2 nitrogen and oxygen atoms in total. The summed E-state index contributed by atoms with van der Waals surface area (Å²) in [4.78, 5) is 0. The van der Waals surface area contributed by atoms with Gasteiger partial charge in [0.25, 0.3) is 0 Å². The molecule has 0 heterocycles. The maximum absolute atomic E-state index is 9.24. The van der Waals surface area contributed by atoms with Gasteiger partial charge in [-0.05, 0) is 13.3 Å². The van der Waals surface area contributed by atoms with E-state index in [1.165, 1.54) is 0 Å². The van der Waals surface area contributed by atoms with Crippen molar-refractivity contribution in [2.75, 3.05) is 13.0 Å². The summed E-state index contributed by atoms with van der Waals surface area (Å²) in [6, 6.07) is 0. The molecule has 0 aromatic heterocycles. The van der Waals surface area contributed by atoms with Gasteiger partial charge in [-0.1, -0.05) is 6.92 Å². The van der Waals surface area contributed by atoms with E-state index in [1.54, 1.807) is 7.11 Å². The van der Waals surface area contributed by atoms with Crippen molar-refractivity contribution in [2.24, 2.45) is 0 Å². The molecule has 3 heteroatoms. The largest absolute Gasteiger partial charge is 0.392 e. The number of hydrogen-bond donors (Lipinski definition) is 1. The number of halogens is 1. The Balaban J connectivity index is 3.86. The summed E-state index contributed by atoms with van der Waals surface area (Å²) in [6.45, 7) is 4.01. The van der Waals surface area contributed by atoms with E-state index in [0.29, 0.717) is 6.42 Å². The molecule has 0 aliphatic carbocycles. The molecular weight excluding hydrogens is 164 g/mol. The summed E-state index contributed by atoms with van der Waals surface area (Å²) in [5, 5.41) is 9.24. The topological polar surface area (TPSA) is 29.5 Å². The van der Waals surface area contributed by atoms with Crippen LogP contribution in [0.3, 0.4) is 0 Å². The second kappa shape index (κ2) is 4.96. The summed E-state index contributed by atoms with van der Waals surface area (Å²) in [5.41, 5.74) is -0.228. The fourth-order valence-electron chi connectivity index (χ4n) is 0.925. The Kier molecular flexibility index (Phi) is 5.06. The van der Waals surface area contributed by atoms with Crippen molar-refractivity contribution in [3.63, 3.8) is 0 Å². The van der Waals surface area contributed by atoms with Crippen LogP contribution in [0.15, 0.2) is 0 Å². The average molecular weight is 181 g/mol. The second-order valence-corrected chi connectivity index (χ2v) is 3.33. The Morgan fingerprint density at radius 2 is 2.18 bits per heavy atom. The third kappa shape index (κ3) is 3.94. The van der Waals surface area contributed by atoms with Crippen molar-refractivity contribution < 1.29 is 9.84 Å². The van der Waals surface area contributed by atoms with Gasteiger partial charge in [-0.3, -0.25) is 0 Å². The van der Waals surface area contributed by atoms with Crippen LogP contribution in [0.2, 0.25) is 0 Å². The second-order valence-electron chi connectivity index (χ2n) is 3.02. The minimum absolute atomic E-state index is 0.228. The Morgan fingerprint density at radius 1 is 1.64 bits per heavy atom. The number of rotatable bonds is 5. The highest BCUT2D eigenvalue weighted by atomic mass is 35.5. The zero-order valence-electron chi connectivity index (χ0n) is 7.43. The third-order valence-corrected chi connectivity index (χ3v) is 2.44. The first kappa shape index (κ1) is 11.2. The van der Waals surface area contributed by atoms with Crippen LogP contribution in [-0.4, -0.2) is 29.8 Å². The van der Waals surface area contributed by atoms with Crippen LogP contribution >= 0.6 is 11.6 Å². The average Bonchev–Trinajstić information content (AvgIpc) is 2.04. The number of aliphatic hydroxyl groups excluding tert-OH is 1. The first-order valence-electron chi connectivity index (χ1n) is 3.87. The zero-order chi connectivity index (χ0) is 8.91. The van der Waals surface area contributed by atoms with Crippen molar-refractivity contribution in [1.82, 2.24) is 0 Å². The van der Waals surface area contributed by atoms with Gasteiger partial charge in [0, 0.05) is 19.4 Å².